The molecule has 0 aromatic heterocycles. The first kappa shape index (κ1) is 32.2. The zero-order chi connectivity index (χ0) is 37.0. The zero-order valence-corrected chi connectivity index (χ0v) is 30.8. The third-order valence-electron chi connectivity index (χ3n) is 11.7. The molecule has 0 heteroatoms. The molecule has 0 atom stereocenters. The molecule has 0 nitrogen and oxygen atoms in total. The summed E-state index contributed by atoms with van der Waals surface area (Å²) in [5.41, 5.74) is 14.8. The molecule has 11 aromatic carbocycles. The Morgan fingerprint density at radius 3 is 1.36 bits per heavy atom. The average molecular weight is 709 g/mol. The molecule has 0 aliphatic rings. The van der Waals surface area contributed by atoms with Crippen molar-refractivity contribution in [2.75, 3.05) is 0 Å². The van der Waals surface area contributed by atoms with Crippen LogP contribution in [-0.2, 0) is 0 Å². The Labute approximate surface area is 326 Å². The second kappa shape index (κ2) is 13.2. The Hall–Kier alpha value is -7.28. The van der Waals surface area contributed by atoms with Crippen molar-refractivity contribution in [2.24, 2.45) is 0 Å². The molecule has 0 bridgehead atoms. The van der Waals surface area contributed by atoms with Crippen LogP contribution < -0.4 is 0 Å². The highest BCUT2D eigenvalue weighted by atomic mass is 14.2. The summed E-state index contributed by atoms with van der Waals surface area (Å²) in [7, 11) is 0. The molecule has 0 spiro atoms. The maximum atomic E-state index is 2.46. The molecule has 0 saturated heterocycles. The van der Waals surface area contributed by atoms with Crippen LogP contribution in [-0.4, -0.2) is 0 Å². The average Bonchev–Trinajstić information content (AvgIpc) is 3.28. The van der Waals surface area contributed by atoms with E-state index in [1.165, 1.54) is 110 Å². The third kappa shape index (κ3) is 5.22. The number of benzene rings is 11. The van der Waals surface area contributed by atoms with Gasteiger partial charge in [0.25, 0.3) is 0 Å². The molecule has 0 aliphatic carbocycles. The molecule has 0 N–H and O–H groups in total. The first-order valence-electron chi connectivity index (χ1n) is 19.4. The Morgan fingerprint density at radius 1 is 0.179 bits per heavy atom. The van der Waals surface area contributed by atoms with Crippen LogP contribution in [0.15, 0.2) is 218 Å². The molecule has 11 rings (SSSR count). The van der Waals surface area contributed by atoms with E-state index in [4.69, 9.17) is 0 Å². The molecule has 56 heavy (non-hydrogen) atoms. The minimum absolute atomic E-state index is 1.21. The van der Waals surface area contributed by atoms with Crippen LogP contribution in [0.3, 0.4) is 0 Å². The normalized spacial score (nSPS) is 11.6. The molecule has 260 valence electrons. The quantitative estimate of drug-likeness (QED) is 0.151. The van der Waals surface area contributed by atoms with Crippen molar-refractivity contribution in [1.82, 2.24) is 0 Å². The van der Waals surface area contributed by atoms with Gasteiger partial charge >= 0.3 is 0 Å². The summed E-state index contributed by atoms with van der Waals surface area (Å²) < 4.78 is 0. The van der Waals surface area contributed by atoms with Gasteiger partial charge in [-0.15, -0.1) is 0 Å². The van der Waals surface area contributed by atoms with E-state index in [2.05, 4.69) is 218 Å². The van der Waals surface area contributed by atoms with Gasteiger partial charge in [-0.1, -0.05) is 206 Å². The van der Waals surface area contributed by atoms with Crippen LogP contribution in [0.25, 0.3) is 110 Å². The van der Waals surface area contributed by atoms with E-state index < -0.39 is 0 Å². The summed E-state index contributed by atoms with van der Waals surface area (Å²) in [6.45, 7) is 0. The molecular formula is C56H36. The fraction of sp³-hybridized carbons (Fsp3) is 0. The second-order valence-electron chi connectivity index (χ2n) is 14.8. The van der Waals surface area contributed by atoms with Crippen molar-refractivity contribution in [3.8, 4) is 66.8 Å². The first-order chi connectivity index (χ1) is 27.8. The third-order valence-corrected chi connectivity index (χ3v) is 11.7. The lowest BCUT2D eigenvalue weighted by Crippen LogP contribution is -1.94. The predicted octanol–water partition coefficient (Wildman–Crippen LogP) is 15.7. The standard InChI is InChI=1S/C56H36/c1-3-15-37(16-4-1)44-24-9-11-26-47(44)49-31-29-40-30-32-52-54(48-27-12-10-25-45(48)38-17-5-2-6-18-38)36-53(51-34-33-50(49)55(40)56(51)52)42-22-13-21-41(35-42)46-28-14-20-39-19-7-8-23-43(39)46/h1-36H. The molecule has 0 radical (unpaired) electrons. The van der Waals surface area contributed by atoms with Crippen molar-refractivity contribution in [3.05, 3.63) is 218 Å². The topological polar surface area (TPSA) is 0 Å². The van der Waals surface area contributed by atoms with Crippen molar-refractivity contribution < 1.29 is 0 Å². The Morgan fingerprint density at radius 2 is 0.643 bits per heavy atom. The molecule has 0 fully saturated rings. The minimum atomic E-state index is 1.21. The lowest BCUT2D eigenvalue weighted by molar-refractivity contribution is 1.59. The van der Waals surface area contributed by atoms with Gasteiger partial charge in [0.05, 0.1) is 0 Å². The SMILES string of the molecule is c1ccc(-c2ccccc2-c2ccc3ccc4c(-c5ccccc5-c5ccccc5)cc(-c5cccc(-c6cccc7ccccc67)c5)c5ccc2c3c54)cc1. The highest BCUT2D eigenvalue weighted by molar-refractivity contribution is 6.30. The highest BCUT2D eigenvalue weighted by Gasteiger charge is 2.21. The van der Waals surface area contributed by atoms with Gasteiger partial charge in [-0.05, 0) is 122 Å². The number of hydrogen-bond acceptors (Lipinski definition) is 0. The van der Waals surface area contributed by atoms with Crippen LogP contribution in [0.2, 0.25) is 0 Å². The van der Waals surface area contributed by atoms with Crippen LogP contribution in [0, 0.1) is 0 Å². The van der Waals surface area contributed by atoms with Crippen LogP contribution >= 0.6 is 0 Å². The van der Waals surface area contributed by atoms with Gasteiger partial charge in [-0.2, -0.15) is 0 Å². The summed E-state index contributed by atoms with van der Waals surface area (Å²) in [6.07, 6.45) is 0. The van der Waals surface area contributed by atoms with Gasteiger partial charge in [-0.3, -0.25) is 0 Å². The molecule has 0 aliphatic heterocycles. The molecule has 0 unspecified atom stereocenters. The Bertz CT molecular complexity index is 3220. The fourth-order valence-electron chi connectivity index (χ4n) is 9.10. The summed E-state index contributed by atoms with van der Waals surface area (Å²) in [5.74, 6) is 0. The van der Waals surface area contributed by atoms with Gasteiger partial charge in [0.15, 0.2) is 0 Å². The van der Waals surface area contributed by atoms with E-state index in [0.717, 1.165) is 0 Å². The fourth-order valence-corrected chi connectivity index (χ4v) is 9.10. The van der Waals surface area contributed by atoms with E-state index in [-0.39, 0.29) is 0 Å². The van der Waals surface area contributed by atoms with E-state index >= 15 is 0 Å². The largest absolute Gasteiger partial charge is 0.0622 e. The van der Waals surface area contributed by atoms with Crippen molar-refractivity contribution in [3.63, 3.8) is 0 Å². The smallest absolute Gasteiger partial charge is 0.00141 e. The van der Waals surface area contributed by atoms with E-state index in [1.807, 2.05) is 0 Å². The monoisotopic (exact) mass is 708 g/mol. The summed E-state index contributed by atoms with van der Waals surface area (Å²) >= 11 is 0. The van der Waals surface area contributed by atoms with Gasteiger partial charge in [0, 0.05) is 0 Å². The summed E-state index contributed by atoms with van der Waals surface area (Å²) in [6, 6.07) is 80.3. The van der Waals surface area contributed by atoms with Crippen molar-refractivity contribution >= 4 is 43.1 Å². The summed E-state index contributed by atoms with van der Waals surface area (Å²) in [5, 5.41) is 10.2. The number of fused-ring (bicyclic) bond motifs is 1. The lowest BCUT2D eigenvalue weighted by Gasteiger charge is -2.21. The molecule has 11 aromatic rings. The van der Waals surface area contributed by atoms with Gasteiger partial charge in [0.2, 0.25) is 0 Å². The molecule has 0 heterocycles. The molecular weight excluding hydrogens is 673 g/mol. The van der Waals surface area contributed by atoms with E-state index in [1.54, 1.807) is 0 Å². The van der Waals surface area contributed by atoms with Gasteiger partial charge in [0.1, 0.15) is 0 Å². The van der Waals surface area contributed by atoms with Crippen molar-refractivity contribution in [1.29, 1.82) is 0 Å². The Balaban J connectivity index is 1.22. The van der Waals surface area contributed by atoms with Crippen LogP contribution in [0.5, 0.6) is 0 Å². The summed E-state index contributed by atoms with van der Waals surface area (Å²) in [4.78, 5) is 0. The van der Waals surface area contributed by atoms with Gasteiger partial charge in [-0.25, -0.2) is 0 Å². The molecule has 0 saturated carbocycles. The zero-order valence-electron chi connectivity index (χ0n) is 30.8. The van der Waals surface area contributed by atoms with Gasteiger partial charge < -0.3 is 0 Å². The van der Waals surface area contributed by atoms with Crippen molar-refractivity contribution in [2.45, 2.75) is 0 Å². The predicted molar refractivity (Wildman–Crippen MR) is 240 cm³/mol. The first-order valence-corrected chi connectivity index (χ1v) is 19.4. The second-order valence-corrected chi connectivity index (χ2v) is 14.8. The van der Waals surface area contributed by atoms with E-state index in [0.29, 0.717) is 0 Å². The Kier molecular flexibility index (Phi) is 7.60. The highest BCUT2D eigenvalue weighted by Crippen LogP contribution is 2.48. The number of hydrogen-bond donors (Lipinski definition) is 0. The van der Waals surface area contributed by atoms with Crippen LogP contribution in [0.1, 0.15) is 0 Å². The number of rotatable bonds is 6. The van der Waals surface area contributed by atoms with E-state index in [9.17, 15) is 0 Å². The maximum absolute atomic E-state index is 2.46. The lowest BCUT2D eigenvalue weighted by atomic mass is 9.82. The minimum Gasteiger partial charge on any atom is -0.0622 e. The van der Waals surface area contributed by atoms with Crippen LogP contribution in [0.4, 0.5) is 0 Å². The maximum Gasteiger partial charge on any atom is -0.00141 e. The molecule has 0 amide bonds.